The van der Waals surface area contributed by atoms with Crippen molar-refractivity contribution in [2.75, 3.05) is 32.7 Å². The average Bonchev–Trinajstić information content (AvgIpc) is 3.01. The Bertz CT molecular complexity index is 1100. The molecule has 0 bridgehead atoms. The first-order chi connectivity index (χ1) is 17.6. The van der Waals surface area contributed by atoms with E-state index in [4.69, 9.17) is 0 Å². The zero-order valence-corrected chi connectivity index (χ0v) is 20.5. The van der Waals surface area contributed by atoms with Gasteiger partial charge in [0.2, 0.25) is 5.91 Å². The van der Waals surface area contributed by atoms with Gasteiger partial charge in [0, 0.05) is 45.6 Å². The van der Waals surface area contributed by atoms with E-state index in [1.54, 1.807) is 4.90 Å². The SMILES string of the molecule is O=C(Cc1ccccc1)N1CCNCCNCC1(C(=O)Cc1ccccc1)C(=O)Cc1ccccc1. The maximum atomic E-state index is 14.2. The Kier molecular flexibility index (Phi) is 8.76. The number of rotatable bonds is 8. The third kappa shape index (κ3) is 6.14. The van der Waals surface area contributed by atoms with E-state index in [9.17, 15) is 14.4 Å². The molecule has 1 amide bonds. The summed E-state index contributed by atoms with van der Waals surface area (Å²) in [4.78, 5) is 43.8. The fourth-order valence-corrected chi connectivity index (χ4v) is 4.76. The van der Waals surface area contributed by atoms with Gasteiger partial charge in [0.1, 0.15) is 0 Å². The van der Waals surface area contributed by atoms with Crippen LogP contribution in [0.4, 0.5) is 0 Å². The van der Waals surface area contributed by atoms with E-state index in [0.29, 0.717) is 19.6 Å². The zero-order valence-electron chi connectivity index (χ0n) is 20.5. The largest absolute Gasteiger partial charge is 0.321 e. The van der Waals surface area contributed by atoms with Crippen LogP contribution in [0, 0.1) is 0 Å². The molecule has 1 fully saturated rings. The molecule has 0 unspecified atom stereocenters. The smallest absolute Gasteiger partial charge is 0.228 e. The van der Waals surface area contributed by atoms with Gasteiger partial charge in [0.15, 0.2) is 17.1 Å². The molecule has 2 N–H and O–H groups in total. The summed E-state index contributed by atoms with van der Waals surface area (Å²) >= 11 is 0. The van der Waals surface area contributed by atoms with Crippen molar-refractivity contribution < 1.29 is 14.4 Å². The molecule has 1 heterocycles. The van der Waals surface area contributed by atoms with Gasteiger partial charge >= 0.3 is 0 Å². The molecule has 1 saturated heterocycles. The third-order valence-corrected chi connectivity index (χ3v) is 6.67. The lowest BCUT2D eigenvalue weighted by molar-refractivity contribution is -0.153. The minimum absolute atomic E-state index is 0.0750. The van der Waals surface area contributed by atoms with E-state index in [-0.39, 0.29) is 49.8 Å². The maximum absolute atomic E-state index is 14.2. The summed E-state index contributed by atoms with van der Waals surface area (Å²) in [7, 11) is 0. The van der Waals surface area contributed by atoms with Crippen molar-refractivity contribution in [2.24, 2.45) is 0 Å². The van der Waals surface area contributed by atoms with Crippen molar-refractivity contribution in [3.8, 4) is 0 Å². The van der Waals surface area contributed by atoms with Gasteiger partial charge in [-0.1, -0.05) is 91.0 Å². The van der Waals surface area contributed by atoms with Crippen LogP contribution < -0.4 is 10.6 Å². The molecule has 3 aromatic rings. The van der Waals surface area contributed by atoms with Gasteiger partial charge in [0.05, 0.1) is 6.42 Å². The van der Waals surface area contributed by atoms with E-state index in [1.165, 1.54) is 0 Å². The van der Waals surface area contributed by atoms with E-state index < -0.39 is 5.54 Å². The highest BCUT2D eigenvalue weighted by atomic mass is 16.2. The zero-order chi connectivity index (χ0) is 25.2. The first-order valence-corrected chi connectivity index (χ1v) is 12.5. The summed E-state index contributed by atoms with van der Waals surface area (Å²) in [5.41, 5.74) is 0.887. The minimum Gasteiger partial charge on any atom is -0.321 e. The second-order valence-corrected chi connectivity index (χ2v) is 9.17. The van der Waals surface area contributed by atoms with Gasteiger partial charge < -0.3 is 15.5 Å². The first kappa shape index (κ1) is 25.5. The fraction of sp³-hybridized carbons (Fsp3) is 0.300. The summed E-state index contributed by atoms with van der Waals surface area (Å²) < 4.78 is 0. The number of ketones is 2. The van der Waals surface area contributed by atoms with Gasteiger partial charge in [-0.2, -0.15) is 0 Å². The molecule has 1 aliphatic heterocycles. The number of carbonyl (C=O) groups excluding carboxylic acids is 3. The number of amides is 1. The highest BCUT2D eigenvalue weighted by Crippen LogP contribution is 2.25. The molecule has 0 spiro atoms. The second kappa shape index (κ2) is 12.4. The van der Waals surface area contributed by atoms with Crippen LogP contribution in [0.2, 0.25) is 0 Å². The van der Waals surface area contributed by atoms with Crippen LogP contribution >= 0.6 is 0 Å². The Balaban J connectivity index is 1.76. The summed E-state index contributed by atoms with van der Waals surface area (Å²) in [6, 6.07) is 28.3. The van der Waals surface area contributed by atoms with Crippen molar-refractivity contribution in [3.63, 3.8) is 0 Å². The van der Waals surface area contributed by atoms with E-state index in [0.717, 1.165) is 16.7 Å². The number of hydrogen-bond donors (Lipinski definition) is 2. The molecule has 6 heteroatoms. The highest BCUT2D eigenvalue weighted by Gasteiger charge is 2.51. The normalized spacial score (nSPS) is 15.8. The molecule has 1 aliphatic rings. The van der Waals surface area contributed by atoms with Gasteiger partial charge in [-0.3, -0.25) is 14.4 Å². The Labute approximate surface area is 212 Å². The summed E-state index contributed by atoms with van der Waals surface area (Å²) in [5, 5.41) is 6.61. The maximum Gasteiger partial charge on any atom is 0.228 e. The Morgan fingerprint density at radius 3 is 1.56 bits per heavy atom. The Morgan fingerprint density at radius 1 is 0.611 bits per heavy atom. The number of carbonyl (C=O) groups is 3. The topological polar surface area (TPSA) is 78.5 Å². The van der Waals surface area contributed by atoms with Crippen molar-refractivity contribution in [3.05, 3.63) is 108 Å². The van der Waals surface area contributed by atoms with Gasteiger partial charge in [-0.15, -0.1) is 0 Å². The van der Waals surface area contributed by atoms with Crippen molar-refractivity contribution in [1.29, 1.82) is 0 Å². The lowest BCUT2D eigenvalue weighted by atomic mass is 9.80. The van der Waals surface area contributed by atoms with Crippen molar-refractivity contribution >= 4 is 17.5 Å². The van der Waals surface area contributed by atoms with Crippen LogP contribution in [-0.2, 0) is 33.6 Å². The predicted octanol–water partition coefficient (Wildman–Crippen LogP) is 2.61. The highest BCUT2D eigenvalue weighted by molar-refractivity contribution is 6.15. The number of hydrogen-bond acceptors (Lipinski definition) is 5. The van der Waals surface area contributed by atoms with Gasteiger partial charge in [-0.25, -0.2) is 0 Å². The molecule has 36 heavy (non-hydrogen) atoms. The molecular formula is C30H33N3O3. The molecule has 3 aromatic carbocycles. The molecule has 0 aromatic heterocycles. The Morgan fingerprint density at radius 2 is 1.06 bits per heavy atom. The van der Waals surface area contributed by atoms with Crippen LogP contribution in [0.3, 0.4) is 0 Å². The quantitative estimate of drug-likeness (QED) is 0.482. The molecule has 0 atom stereocenters. The fourth-order valence-electron chi connectivity index (χ4n) is 4.76. The lowest BCUT2D eigenvalue weighted by Gasteiger charge is -2.42. The van der Waals surface area contributed by atoms with Crippen LogP contribution in [0.5, 0.6) is 0 Å². The minimum atomic E-state index is -1.61. The lowest BCUT2D eigenvalue weighted by Crippen LogP contribution is -2.68. The molecule has 0 radical (unpaired) electrons. The summed E-state index contributed by atoms with van der Waals surface area (Å²) in [5.74, 6) is -0.745. The molecule has 6 nitrogen and oxygen atoms in total. The van der Waals surface area contributed by atoms with Gasteiger partial charge in [0.25, 0.3) is 0 Å². The molecule has 4 rings (SSSR count). The average molecular weight is 484 g/mol. The summed E-state index contributed by atoms with van der Waals surface area (Å²) in [6.45, 7) is 2.15. The third-order valence-electron chi connectivity index (χ3n) is 6.67. The Hall–Kier alpha value is -3.61. The molecular weight excluding hydrogens is 450 g/mol. The van der Waals surface area contributed by atoms with Crippen LogP contribution in [-0.4, -0.2) is 60.6 Å². The number of nitrogens with zero attached hydrogens (tertiary/aromatic N) is 1. The monoisotopic (exact) mass is 483 g/mol. The molecule has 0 aliphatic carbocycles. The van der Waals surface area contributed by atoms with Crippen LogP contribution in [0.15, 0.2) is 91.0 Å². The van der Waals surface area contributed by atoms with E-state index in [2.05, 4.69) is 10.6 Å². The van der Waals surface area contributed by atoms with Crippen molar-refractivity contribution in [2.45, 2.75) is 24.8 Å². The standard InChI is InChI=1S/C30H33N3O3/c34-27(20-24-10-4-1-5-11-24)30(28(35)21-25-12-6-2-7-13-25)23-32-17-16-31-18-19-33(30)29(36)22-26-14-8-3-9-15-26/h1-15,31-32H,16-23H2. The predicted molar refractivity (Wildman–Crippen MR) is 141 cm³/mol. The van der Waals surface area contributed by atoms with Crippen LogP contribution in [0.1, 0.15) is 16.7 Å². The van der Waals surface area contributed by atoms with E-state index in [1.807, 2.05) is 91.0 Å². The van der Waals surface area contributed by atoms with Gasteiger partial charge in [-0.05, 0) is 16.7 Å². The second-order valence-electron chi connectivity index (χ2n) is 9.17. The van der Waals surface area contributed by atoms with Crippen LogP contribution in [0.25, 0.3) is 0 Å². The number of Topliss-reactive ketones (excluding diaryl/α,β-unsaturated/α-hetero) is 2. The van der Waals surface area contributed by atoms with Crippen molar-refractivity contribution in [1.82, 2.24) is 15.5 Å². The molecule has 186 valence electrons. The summed E-state index contributed by atoms with van der Waals surface area (Å²) in [6.07, 6.45) is 0.275. The first-order valence-electron chi connectivity index (χ1n) is 12.5. The number of benzene rings is 3. The van der Waals surface area contributed by atoms with E-state index >= 15 is 0 Å². The number of nitrogens with one attached hydrogen (secondary N) is 2. The molecule has 0 saturated carbocycles.